The number of hydrogen-bond acceptors (Lipinski definition) is 6. The summed E-state index contributed by atoms with van der Waals surface area (Å²) in [7, 11) is -3.02. The maximum Gasteiger partial charge on any atom is 0.230 e. The molecule has 1 aromatic heterocycles. The zero-order valence-electron chi connectivity index (χ0n) is 12.0. The van der Waals surface area contributed by atoms with Crippen molar-refractivity contribution < 1.29 is 13.2 Å². The van der Waals surface area contributed by atoms with E-state index in [0.29, 0.717) is 6.42 Å². The first-order valence-electron chi connectivity index (χ1n) is 6.85. The van der Waals surface area contributed by atoms with Crippen LogP contribution in [0, 0.1) is 0 Å². The largest absolute Gasteiger partial charge is 0.349 e. The first-order valence-corrected chi connectivity index (χ1v) is 10.5. The van der Waals surface area contributed by atoms with Crippen LogP contribution in [0.25, 0.3) is 10.2 Å². The average Bonchev–Trinajstić information content (AvgIpc) is 2.96. The minimum Gasteiger partial charge on any atom is -0.349 e. The lowest BCUT2D eigenvalue weighted by Crippen LogP contribution is -2.47. The summed E-state index contributed by atoms with van der Waals surface area (Å²) in [5.41, 5.74) is 0.300. The molecule has 8 heteroatoms. The van der Waals surface area contributed by atoms with E-state index in [1.54, 1.807) is 18.3 Å². The number of fused-ring (bicyclic) bond motifs is 1. The number of nitrogens with zero attached hydrogens (tertiary/aromatic N) is 1. The Kier molecular flexibility index (Phi) is 4.17. The molecular weight excluding hydrogens is 340 g/mol. The second kappa shape index (κ2) is 5.82. The second-order valence-corrected chi connectivity index (χ2v) is 10.1. The molecule has 2 heterocycles. The van der Waals surface area contributed by atoms with E-state index in [1.807, 2.05) is 24.3 Å². The molecule has 5 nitrogen and oxygen atoms in total. The van der Waals surface area contributed by atoms with Crippen LogP contribution in [0.1, 0.15) is 13.3 Å². The van der Waals surface area contributed by atoms with Crippen LogP contribution in [0.15, 0.2) is 28.6 Å². The number of thiazole rings is 1. The molecule has 0 bridgehead atoms. The molecule has 1 amide bonds. The van der Waals surface area contributed by atoms with Crippen molar-refractivity contribution in [3.05, 3.63) is 24.3 Å². The summed E-state index contributed by atoms with van der Waals surface area (Å²) in [4.78, 5) is 16.5. The van der Waals surface area contributed by atoms with Crippen molar-refractivity contribution in [3.63, 3.8) is 0 Å². The van der Waals surface area contributed by atoms with Crippen LogP contribution in [0.4, 0.5) is 0 Å². The smallest absolute Gasteiger partial charge is 0.230 e. The normalized spacial score (nSPS) is 23.7. The number of carbonyl (C=O) groups is 1. The number of sulfone groups is 1. The predicted molar refractivity (Wildman–Crippen MR) is 90.2 cm³/mol. The summed E-state index contributed by atoms with van der Waals surface area (Å²) in [5, 5.41) is 2.85. The molecule has 1 fully saturated rings. The van der Waals surface area contributed by atoms with Crippen molar-refractivity contribution in [1.29, 1.82) is 0 Å². The first-order chi connectivity index (χ1) is 10.4. The molecule has 1 aromatic carbocycles. The van der Waals surface area contributed by atoms with Crippen LogP contribution in [-0.4, -0.2) is 42.1 Å². The van der Waals surface area contributed by atoms with Crippen LogP contribution >= 0.6 is 23.1 Å². The summed E-state index contributed by atoms with van der Waals surface area (Å²) < 4.78 is 25.0. The molecule has 1 unspecified atom stereocenters. The van der Waals surface area contributed by atoms with Gasteiger partial charge in [-0.25, -0.2) is 13.4 Å². The van der Waals surface area contributed by atoms with Crippen LogP contribution in [-0.2, 0) is 14.6 Å². The van der Waals surface area contributed by atoms with Gasteiger partial charge in [0, 0.05) is 0 Å². The van der Waals surface area contributed by atoms with E-state index in [9.17, 15) is 13.2 Å². The van der Waals surface area contributed by atoms with Crippen molar-refractivity contribution in [2.45, 2.75) is 23.2 Å². The van der Waals surface area contributed by atoms with E-state index in [-0.39, 0.29) is 23.2 Å². The lowest BCUT2D eigenvalue weighted by Gasteiger charge is -2.23. The Bertz CT molecular complexity index is 783. The van der Waals surface area contributed by atoms with Gasteiger partial charge in [0.25, 0.3) is 0 Å². The molecule has 1 N–H and O–H groups in total. The molecule has 1 saturated heterocycles. The number of nitrogens with one attached hydrogen (secondary N) is 1. The van der Waals surface area contributed by atoms with Gasteiger partial charge in [-0.2, -0.15) is 0 Å². The van der Waals surface area contributed by atoms with E-state index in [0.717, 1.165) is 14.6 Å². The maximum atomic E-state index is 12.1. The van der Waals surface area contributed by atoms with Crippen molar-refractivity contribution in [2.24, 2.45) is 0 Å². The topological polar surface area (TPSA) is 76.1 Å². The fraction of sp³-hybridized carbons (Fsp3) is 0.429. The first kappa shape index (κ1) is 15.8. The van der Waals surface area contributed by atoms with E-state index in [1.165, 1.54) is 11.8 Å². The molecule has 1 aliphatic rings. The molecule has 0 aliphatic carbocycles. The predicted octanol–water partition coefficient (Wildman–Crippen LogP) is 2.08. The lowest BCUT2D eigenvalue weighted by atomic mass is 10.0. The lowest BCUT2D eigenvalue weighted by molar-refractivity contribution is -0.120. The molecule has 3 rings (SSSR count). The molecule has 118 valence electrons. The summed E-state index contributed by atoms with van der Waals surface area (Å²) in [6.07, 6.45) is 0.479. The number of aromatic nitrogens is 1. The number of para-hydroxylation sites is 1. The van der Waals surface area contributed by atoms with E-state index >= 15 is 0 Å². The summed E-state index contributed by atoms with van der Waals surface area (Å²) >= 11 is 2.94. The average molecular weight is 356 g/mol. The highest BCUT2D eigenvalue weighted by Crippen LogP contribution is 2.29. The molecule has 1 aliphatic heterocycles. The number of carbonyl (C=O) groups excluding carboxylic acids is 1. The van der Waals surface area contributed by atoms with Gasteiger partial charge < -0.3 is 5.32 Å². The van der Waals surface area contributed by atoms with Gasteiger partial charge in [0.1, 0.15) is 0 Å². The van der Waals surface area contributed by atoms with Crippen LogP contribution < -0.4 is 5.32 Å². The standard InChI is InChI=1S/C14H16N2O3S3/c1-14(6-7-22(18,19)9-14)16-12(17)8-20-13-15-10-4-2-3-5-11(10)21-13/h2-5H,6-9H2,1H3,(H,16,17). The highest BCUT2D eigenvalue weighted by molar-refractivity contribution is 8.01. The Hall–Kier alpha value is -1.12. The molecule has 0 radical (unpaired) electrons. The van der Waals surface area contributed by atoms with Gasteiger partial charge in [-0.3, -0.25) is 4.79 Å². The Balaban J connectivity index is 1.58. The molecule has 1 atom stereocenters. The zero-order chi connectivity index (χ0) is 15.8. The molecule has 0 saturated carbocycles. The second-order valence-electron chi connectivity index (χ2n) is 5.69. The van der Waals surface area contributed by atoms with Crippen molar-refractivity contribution in [3.8, 4) is 0 Å². The quantitative estimate of drug-likeness (QED) is 0.849. The van der Waals surface area contributed by atoms with Gasteiger partial charge in [0.15, 0.2) is 14.2 Å². The van der Waals surface area contributed by atoms with Crippen molar-refractivity contribution in [1.82, 2.24) is 10.3 Å². The SMILES string of the molecule is CC1(NC(=O)CSc2nc3ccccc3s2)CCS(=O)(=O)C1. The number of amides is 1. The Morgan fingerprint density at radius 2 is 2.23 bits per heavy atom. The van der Waals surface area contributed by atoms with Crippen LogP contribution in [0.2, 0.25) is 0 Å². The van der Waals surface area contributed by atoms with Gasteiger partial charge in [-0.05, 0) is 25.5 Å². The fourth-order valence-electron chi connectivity index (χ4n) is 2.52. The Labute approximate surface area is 137 Å². The summed E-state index contributed by atoms with van der Waals surface area (Å²) in [6, 6.07) is 7.84. The van der Waals surface area contributed by atoms with Gasteiger partial charge in [0.05, 0.1) is 33.0 Å². The molecule has 0 spiro atoms. The third-order valence-electron chi connectivity index (χ3n) is 3.55. The van der Waals surface area contributed by atoms with Gasteiger partial charge in [0.2, 0.25) is 5.91 Å². The third kappa shape index (κ3) is 3.61. The van der Waals surface area contributed by atoms with Crippen LogP contribution in [0.3, 0.4) is 0 Å². The molecule has 2 aromatic rings. The van der Waals surface area contributed by atoms with Crippen molar-refractivity contribution >= 4 is 49.1 Å². The number of rotatable bonds is 4. The highest BCUT2D eigenvalue weighted by Gasteiger charge is 2.39. The van der Waals surface area contributed by atoms with Gasteiger partial charge in [-0.15, -0.1) is 11.3 Å². The summed E-state index contributed by atoms with van der Waals surface area (Å²) in [5.74, 6) is 0.269. The third-order valence-corrected chi connectivity index (χ3v) is 7.63. The minimum absolute atomic E-state index is 0.0253. The zero-order valence-corrected chi connectivity index (χ0v) is 14.5. The Morgan fingerprint density at radius 3 is 2.91 bits per heavy atom. The van der Waals surface area contributed by atoms with E-state index in [2.05, 4.69) is 10.3 Å². The monoisotopic (exact) mass is 356 g/mol. The maximum absolute atomic E-state index is 12.1. The summed E-state index contributed by atoms with van der Waals surface area (Å²) in [6.45, 7) is 1.79. The fourth-order valence-corrected chi connectivity index (χ4v) is 6.48. The van der Waals surface area contributed by atoms with Crippen molar-refractivity contribution in [2.75, 3.05) is 17.3 Å². The number of benzene rings is 1. The number of thioether (sulfide) groups is 1. The van der Waals surface area contributed by atoms with Gasteiger partial charge >= 0.3 is 0 Å². The molecular formula is C14H16N2O3S3. The Morgan fingerprint density at radius 1 is 1.45 bits per heavy atom. The van der Waals surface area contributed by atoms with Gasteiger partial charge in [-0.1, -0.05) is 23.9 Å². The minimum atomic E-state index is -3.02. The highest BCUT2D eigenvalue weighted by atomic mass is 32.2. The van der Waals surface area contributed by atoms with E-state index < -0.39 is 15.4 Å². The number of hydrogen-bond donors (Lipinski definition) is 1. The van der Waals surface area contributed by atoms with E-state index in [4.69, 9.17) is 0 Å². The molecule has 22 heavy (non-hydrogen) atoms. The van der Waals surface area contributed by atoms with Crippen LogP contribution in [0.5, 0.6) is 0 Å².